The molecule has 2 nitrogen and oxygen atoms in total. The number of alkyl halides is 2. The van der Waals surface area contributed by atoms with Crippen LogP contribution < -0.4 is 5.32 Å². The average molecular weight is 194 g/mol. The van der Waals surface area contributed by atoms with E-state index in [9.17, 15) is 8.78 Å². The standard InChI is InChI=1S/C9H20F2N2/c1-4-8(2)12-5-6-13(3)7-9(10)11/h8-9,12H,4-7H2,1-3H3. The van der Waals surface area contributed by atoms with Crippen LogP contribution in [0.2, 0.25) is 0 Å². The van der Waals surface area contributed by atoms with Crippen molar-refractivity contribution in [3.05, 3.63) is 0 Å². The molecule has 0 amide bonds. The molecule has 13 heavy (non-hydrogen) atoms. The maximum Gasteiger partial charge on any atom is 0.251 e. The number of hydrogen-bond donors (Lipinski definition) is 1. The quantitative estimate of drug-likeness (QED) is 0.662. The van der Waals surface area contributed by atoms with Gasteiger partial charge in [0.25, 0.3) is 6.43 Å². The Hall–Kier alpha value is -0.220. The first-order valence-corrected chi connectivity index (χ1v) is 4.76. The van der Waals surface area contributed by atoms with E-state index in [1.54, 1.807) is 11.9 Å². The van der Waals surface area contributed by atoms with Gasteiger partial charge in [0, 0.05) is 19.1 Å². The second-order valence-corrected chi connectivity index (χ2v) is 3.42. The molecule has 0 heterocycles. The summed E-state index contributed by atoms with van der Waals surface area (Å²) >= 11 is 0. The Bertz CT molecular complexity index is 120. The average Bonchev–Trinajstić information content (AvgIpc) is 2.02. The van der Waals surface area contributed by atoms with Gasteiger partial charge in [0.15, 0.2) is 0 Å². The lowest BCUT2D eigenvalue weighted by Crippen LogP contribution is -2.35. The maximum atomic E-state index is 11.9. The summed E-state index contributed by atoms with van der Waals surface area (Å²) in [5.74, 6) is 0. The predicted molar refractivity (Wildman–Crippen MR) is 51.3 cm³/mol. The van der Waals surface area contributed by atoms with Crippen LogP contribution in [0.4, 0.5) is 8.78 Å². The summed E-state index contributed by atoms with van der Waals surface area (Å²) in [4.78, 5) is 1.64. The Balaban J connectivity index is 3.31. The van der Waals surface area contributed by atoms with E-state index < -0.39 is 6.43 Å². The summed E-state index contributed by atoms with van der Waals surface area (Å²) in [6, 6.07) is 0.472. The van der Waals surface area contributed by atoms with Crippen LogP contribution in [0.3, 0.4) is 0 Å². The van der Waals surface area contributed by atoms with Gasteiger partial charge in [-0.05, 0) is 20.4 Å². The Kier molecular flexibility index (Phi) is 7.09. The lowest BCUT2D eigenvalue weighted by Gasteiger charge is -2.18. The third-order valence-corrected chi connectivity index (χ3v) is 2.05. The van der Waals surface area contributed by atoms with Gasteiger partial charge in [0.1, 0.15) is 0 Å². The van der Waals surface area contributed by atoms with Gasteiger partial charge in [-0.15, -0.1) is 0 Å². The number of likely N-dealkylation sites (N-methyl/N-ethyl adjacent to an activating group) is 1. The second kappa shape index (κ2) is 7.21. The van der Waals surface area contributed by atoms with E-state index in [2.05, 4.69) is 19.2 Å². The van der Waals surface area contributed by atoms with Crippen molar-refractivity contribution in [2.75, 3.05) is 26.7 Å². The number of nitrogens with zero attached hydrogens (tertiary/aromatic N) is 1. The van der Waals surface area contributed by atoms with Crippen molar-refractivity contribution < 1.29 is 8.78 Å². The highest BCUT2D eigenvalue weighted by Crippen LogP contribution is 1.94. The summed E-state index contributed by atoms with van der Waals surface area (Å²) in [5, 5.41) is 3.25. The molecule has 80 valence electrons. The first kappa shape index (κ1) is 12.8. The maximum absolute atomic E-state index is 11.9. The summed E-state index contributed by atoms with van der Waals surface area (Å²) in [7, 11) is 1.71. The largest absolute Gasteiger partial charge is 0.313 e. The lowest BCUT2D eigenvalue weighted by molar-refractivity contribution is 0.100. The smallest absolute Gasteiger partial charge is 0.251 e. The van der Waals surface area contributed by atoms with Gasteiger partial charge in [-0.3, -0.25) is 4.90 Å². The Morgan fingerprint density at radius 3 is 2.46 bits per heavy atom. The molecule has 0 spiro atoms. The highest BCUT2D eigenvalue weighted by Gasteiger charge is 2.06. The van der Waals surface area contributed by atoms with Gasteiger partial charge in [-0.25, -0.2) is 8.78 Å². The fourth-order valence-electron chi connectivity index (χ4n) is 0.973. The number of hydrogen-bond acceptors (Lipinski definition) is 2. The normalized spacial score (nSPS) is 14.1. The fraction of sp³-hybridized carbons (Fsp3) is 1.00. The number of nitrogens with one attached hydrogen (secondary N) is 1. The van der Waals surface area contributed by atoms with E-state index >= 15 is 0 Å². The van der Waals surface area contributed by atoms with E-state index in [1.165, 1.54) is 0 Å². The van der Waals surface area contributed by atoms with Gasteiger partial charge in [-0.1, -0.05) is 6.92 Å². The third-order valence-electron chi connectivity index (χ3n) is 2.05. The molecule has 4 heteroatoms. The van der Waals surface area contributed by atoms with Crippen molar-refractivity contribution in [1.82, 2.24) is 10.2 Å². The Morgan fingerprint density at radius 1 is 1.38 bits per heavy atom. The molecule has 0 saturated carbocycles. The minimum Gasteiger partial charge on any atom is -0.313 e. The SMILES string of the molecule is CCC(C)NCCN(C)CC(F)F. The molecule has 0 aliphatic carbocycles. The third kappa shape index (κ3) is 8.12. The van der Waals surface area contributed by atoms with Crippen LogP contribution in [0, 0.1) is 0 Å². The minimum atomic E-state index is -2.23. The van der Waals surface area contributed by atoms with Crippen molar-refractivity contribution in [2.45, 2.75) is 32.7 Å². The molecule has 0 bridgehead atoms. The van der Waals surface area contributed by atoms with Gasteiger partial charge < -0.3 is 5.32 Å². The highest BCUT2D eigenvalue weighted by molar-refractivity contribution is 4.60. The highest BCUT2D eigenvalue weighted by atomic mass is 19.3. The van der Waals surface area contributed by atoms with Crippen molar-refractivity contribution in [1.29, 1.82) is 0 Å². The van der Waals surface area contributed by atoms with E-state index in [0.29, 0.717) is 12.6 Å². The summed E-state index contributed by atoms with van der Waals surface area (Å²) in [5.41, 5.74) is 0. The minimum absolute atomic E-state index is 0.137. The second-order valence-electron chi connectivity index (χ2n) is 3.42. The molecule has 1 atom stereocenters. The first-order chi connectivity index (χ1) is 6.06. The molecular formula is C9H20F2N2. The van der Waals surface area contributed by atoms with Gasteiger partial charge in [0.05, 0.1) is 6.54 Å². The van der Waals surface area contributed by atoms with Crippen molar-refractivity contribution in [3.8, 4) is 0 Å². The summed E-state index contributed by atoms with van der Waals surface area (Å²) in [6.45, 7) is 5.50. The lowest BCUT2D eigenvalue weighted by atomic mass is 10.2. The van der Waals surface area contributed by atoms with Crippen LogP contribution in [-0.4, -0.2) is 44.0 Å². The van der Waals surface area contributed by atoms with E-state index in [4.69, 9.17) is 0 Å². The molecule has 0 aromatic rings. The van der Waals surface area contributed by atoms with Gasteiger partial charge >= 0.3 is 0 Å². The van der Waals surface area contributed by atoms with Crippen LogP contribution in [0.1, 0.15) is 20.3 Å². The molecule has 0 aromatic carbocycles. The zero-order chi connectivity index (χ0) is 10.3. The van der Waals surface area contributed by atoms with Crippen molar-refractivity contribution in [3.63, 3.8) is 0 Å². The van der Waals surface area contributed by atoms with Crippen LogP contribution in [0.15, 0.2) is 0 Å². The molecule has 0 saturated heterocycles. The molecule has 1 N–H and O–H groups in total. The predicted octanol–water partition coefficient (Wildman–Crippen LogP) is 1.57. The van der Waals surface area contributed by atoms with E-state index in [1.807, 2.05) is 0 Å². The number of rotatable bonds is 7. The molecule has 0 rings (SSSR count). The van der Waals surface area contributed by atoms with Gasteiger partial charge in [0.2, 0.25) is 0 Å². The van der Waals surface area contributed by atoms with Crippen LogP contribution in [0.5, 0.6) is 0 Å². The molecule has 0 aromatic heterocycles. The van der Waals surface area contributed by atoms with Crippen molar-refractivity contribution in [2.24, 2.45) is 0 Å². The summed E-state index contributed by atoms with van der Waals surface area (Å²) < 4.78 is 23.8. The van der Waals surface area contributed by atoms with E-state index in [0.717, 1.165) is 13.0 Å². The van der Waals surface area contributed by atoms with Gasteiger partial charge in [-0.2, -0.15) is 0 Å². The van der Waals surface area contributed by atoms with Crippen LogP contribution >= 0.6 is 0 Å². The number of halogens is 2. The molecule has 0 aliphatic heterocycles. The van der Waals surface area contributed by atoms with Crippen LogP contribution in [0.25, 0.3) is 0 Å². The first-order valence-electron chi connectivity index (χ1n) is 4.76. The topological polar surface area (TPSA) is 15.3 Å². The molecule has 0 fully saturated rings. The molecule has 1 unspecified atom stereocenters. The molecular weight excluding hydrogens is 174 g/mol. The Labute approximate surface area is 79.3 Å². The Morgan fingerprint density at radius 2 is 2.00 bits per heavy atom. The molecule has 0 aliphatic rings. The molecule has 0 radical (unpaired) electrons. The van der Waals surface area contributed by atoms with Crippen LogP contribution in [-0.2, 0) is 0 Å². The zero-order valence-corrected chi connectivity index (χ0v) is 8.69. The fourth-order valence-corrected chi connectivity index (χ4v) is 0.973. The zero-order valence-electron chi connectivity index (χ0n) is 8.69. The van der Waals surface area contributed by atoms with E-state index in [-0.39, 0.29) is 6.54 Å². The van der Waals surface area contributed by atoms with Crippen molar-refractivity contribution >= 4 is 0 Å². The summed E-state index contributed by atoms with van der Waals surface area (Å²) in [6.07, 6.45) is -1.16. The monoisotopic (exact) mass is 194 g/mol.